The fourth-order valence-electron chi connectivity index (χ4n) is 2.29. The zero-order valence-corrected chi connectivity index (χ0v) is 11.6. The molecule has 4 heteroatoms. The number of benzene rings is 1. The summed E-state index contributed by atoms with van der Waals surface area (Å²) in [7, 11) is 0. The molecular formula is C16H19NO3. The summed E-state index contributed by atoms with van der Waals surface area (Å²) >= 11 is 0. The Morgan fingerprint density at radius 1 is 1.15 bits per heavy atom. The third kappa shape index (κ3) is 3.14. The van der Waals surface area contributed by atoms with E-state index in [2.05, 4.69) is 18.3 Å². The highest BCUT2D eigenvalue weighted by Crippen LogP contribution is 2.30. The quantitative estimate of drug-likeness (QED) is 0.909. The zero-order chi connectivity index (χ0) is 13.8. The van der Waals surface area contributed by atoms with Crippen LogP contribution >= 0.6 is 0 Å². The van der Waals surface area contributed by atoms with Crippen LogP contribution in [0.15, 0.2) is 41.0 Å². The van der Waals surface area contributed by atoms with Crippen molar-refractivity contribution in [1.29, 1.82) is 0 Å². The monoisotopic (exact) mass is 273 g/mol. The lowest BCUT2D eigenvalue weighted by atomic mass is 10.1. The number of nitrogens with one attached hydrogen (secondary N) is 1. The molecule has 1 N–H and O–H groups in total. The largest absolute Gasteiger partial charge is 0.486 e. The Hall–Kier alpha value is -1.94. The first-order chi connectivity index (χ1) is 9.81. The van der Waals surface area contributed by atoms with Gasteiger partial charge in [-0.15, -0.1) is 0 Å². The Balaban J connectivity index is 1.55. The van der Waals surface area contributed by atoms with Crippen molar-refractivity contribution in [3.8, 4) is 11.5 Å². The fraction of sp³-hybridized carbons (Fsp3) is 0.375. The van der Waals surface area contributed by atoms with Gasteiger partial charge >= 0.3 is 0 Å². The molecule has 0 saturated carbocycles. The molecule has 2 aromatic rings. The third-order valence-electron chi connectivity index (χ3n) is 3.35. The van der Waals surface area contributed by atoms with Crippen molar-refractivity contribution >= 4 is 0 Å². The van der Waals surface area contributed by atoms with Gasteiger partial charge < -0.3 is 19.2 Å². The number of hydrogen-bond acceptors (Lipinski definition) is 4. The Morgan fingerprint density at radius 3 is 2.80 bits per heavy atom. The highest BCUT2D eigenvalue weighted by Gasteiger charge is 2.12. The maximum absolute atomic E-state index is 5.59. The molecule has 2 heterocycles. The van der Waals surface area contributed by atoms with Gasteiger partial charge in [0.25, 0.3) is 0 Å². The minimum Gasteiger partial charge on any atom is -0.486 e. The molecule has 1 aromatic carbocycles. The molecule has 0 saturated heterocycles. The average molecular weight is 273 g/mol. The van der Waals surface area contributed by atoms with Crippen LogP contribution < -0.4 is 14.8 Å². The van der Waals surface area contributed by atoms with E-state index >= 15 is 0 Å². The lowest BCUT2D eigenvalue weighted by Gasteiger charge is -2.19. The van der Waals surface area contributed by atoms with Crippen LogP contribution in [0.3, 0.4) is 0 Å². The van der Waals surface area contributed by atoms with Gasteiger partial charge in [0.1, 0.15) is 19.0 Å². The summed E-state index contributed by atoms with van der Waals surface area (Å²) in [5.74, 6) is 2.69. The smallest absolute Gasteiger partial charge is 0.161 e. The van der Waals surface area contributed by atoms with Gasteiger partial charge in [0.15, 0.2) is 11.5 Å². The van der Waals surface area contributed by atoms with Gasteiger partial charge in [0.2, 0.25) is 0 Å². The summed E-state index contributed by atoms with van der Waals surface area (Å²) in [5.41, 5.74) is 1.19. The lowest BCUT2D eigenvalue weighted by Crippen LogP contribution is -2.27. The summed E-state index contributed by atoms with van der Waals surface area (Å²) in [5, 5.41) is 3.49. The zero-order valence-electron chi connectivity index (χ0n) is 11.6. The van der Waals surface area contributed by atoms with Crippen molar-refractivity contribution in [2.75, 3.05) is 13.2 Å². The SMILES string of the molecule is CC(Cc1ccco1)NCc1ccc2c(c1)OCCO2. The van der Waals surface area contributed by atoms with Gasteiger partial charge in [-0.1, -0.05) is 6.07 Å². The third-order valence-corrected chi connectivity index (χ3v) is 3.35. The van der Waals surface area contributed by atoms with Crippen LogP contribution in [-0.2, 0) is 13.0 Å². The van der Waals surface area contributed by atoms with Crippen LogP contribution in [0.4, 0.5) is 0 Å². The van der Waals surface area contributed by atoms with E-state index in [1.165, 1.54) is 5.56 Å². The van der Waals surface area contributed by atoms with Crippen molar-refractivity contribution in [1.82, 2.24) is 5.32 Å². The minimum atomic E-state index is 0.356. The first-order valence-corrected chi connectivity index (χ1v) is 6.95. The maximum Gasteiger partial charge on any atom is 0.161 e. The average Bonchev–Trinajstić information content (AvgIpc) is 2.98. The van der Waals surface area contributed by atoms with Crippen LogP contribution in [0.2, 0.25) is 0 Å². The molecule has 3 rings (SSSR count). The first-order valence-electron chi connectivity index (χ1n) is 6.95. The van der Waals surface area contributed by atoms with E-state index in [4.69, 9.17) is 13.9 Å². The Labute approximate surface area is 118 Å². The normalized spacial score (nSPS) is 15.1. The molecule has 0 aliphatic carbocycles. The van der Waals surface area contributed by atoms with Crippen molar-refractivity contribution in [2.24, 2.45) is 0 Å². The minimum absolute atomic E-state index is 0.356. The number of rotatable bonds is 5. The van der Waals surface area contributed by atoms with E-state index in [0.29, 0.717) is 19.3 Å². The van der Waals surface area contributed by atoms with Gasteiger partial charge in [-0.05, 0) is 36.8 Å². The summed E-state index contributed by atoms with van der Waals surface area (Å²) < 4.78 is 16.5. The Morgan fingerprint density at radius 2 is 2.00 bits per heavy atom. The van der Waals surface area contributed by atoms with Crippen LogP contribution in [0, 0.1) is 0 Å². The predicted octanol–water partition coefficient (Wildman–Crippen LogP) is 2.77. The Bertz CT molecular complexity index is 551. The fourth-order valence-corrected chi connectivity index (χ4v) is 2.29. The van der Waals surface area contributed by atoms with Crippen LogP contribution in [0.5, 0.6) is 11.5 Å². The highest BCUT2D eigenvalue weighted by atomic mass is 16.6. The number of ether oxygens (including phenoxy) is 2. The van der Waals surface area contributed by atoms with E-state index in [1.54, 1.807) is 6.26 Å². The molecule has 1 aromatic heterocycles. The second-order valence-electron chi connectivity index (χ2n) is 5.04. The van der Waals surface area contributed by atoms with E-state index in [0.717, 1.165) is 30.2 Å². The van der Waals surface area contributed by atoms with E-state index < -0.39 is 0 Å². The number of fused-ring (bicyclic) bond motifs is 1. The van der Waals surface area contributed by atoms with Crippen LogP contribution in [0.1, 0.15) is 18.2 Å². The highest BCUT2D eigenvalue weighted by molar-refractivity contribution is 5.43. The summed E-state index contributed by atoms with van der Waals surface area (Å²) in [6.07, 6.45) is 2.60. The maximum atomic E-state index is 5.59. The van der Waals surface area contributed by atoms with Crippen LogP contribution in [-0.4, -0.2) is 19.3 Å². The van der Waals surface area contributed by atoms with Gasteiger partial charge in [-0.25, -0.2) is 0 Å². The van der Waals surface area contributed by atoms with Crippen molar-refractivity contribution in [2.45, 2.75) is 25.9 Å². The molecule has 0 spiro atoms. The van der Waals surface area contributed by atoms with Crippen LogP contribution in [0.25, 0.3) is 0 Å². The number of hydrogen-bond donors (Lipinski definition) is 1. The molecular weight excluding hydrogens is 254 g/mol. The second kappa shape index (κ2) is 6.01. The molecule has 0 fully saturated rings. The molecule has 0 bridgehead atoms. The van der Waals surface area contributed by atoms with Crippen molar-refractivity contribution < 1.29 is 13.9 Å². The molecule has 1 aliphatic rings. The molecule has 1 atom stereocenters. The summed E-state index contributed by atoms with van der Waals surface area (Å²) in [4.78, 5) is 0. The van der Waals surface area contributed by atoms with Gasteiger partial charge in [0.05, 0.1) is 6.26 Å². The molecule has 1 unspecified atom stereocenters. The van der Waals surface area contributed by atoms with E-state index in [-0.39, 0.29) is 0 Å². The lowest BCUT2D eigenvalue weighted by molar-refractivity contribution is 0.171. The molecule has 20 heavy (non-hydrogen) atoms. The van der Waals surface area contributed by atoms with Crippen molar-refractivity contribution in [3.05, 3.63) is 47.9 Å². The van der Waals surface area contributed by atoms with E-state index in [1.807, 2.05) is 24.3 Å². The number of furan rings is 1. The van der Waals surface area contributed by atoms with Gasteiger partial charge in [0, 0.05) is 19.0 Å². The second-order valence-corrected chi connectivity index (χ2v) is 5.04. The van der Waals surface area contributed by atoms with Crippen molar-refractivity contribution in [3.63, 3.8) is 0 Å². The molecule has 0 amide bonds. The molecule has 0 radical (unpaired) electrons. The molecule has 4 nitrogen and oxygen atoms in total. The van der Waals surface area contributed by atoms with Gasteiger partial charge in [-0.3, -0.25) is 0 Å². The molecule has 1 aliphatic heterocycles. The Kier molecular flexibility index (Phi) is 3.92. The summed E-state index contributed by atoms with van der Waals surface area (Å²) in [6.45, 7) is 4.21. The van der Waals surface area contributed by atoms with E-state index in [9.17, 15) is 0 Å². The topological polar surface area (TPSA) is 43.6 Å². The van der Waals surface area contributed by atoms with Gasteiger partial charge in [-0.2, -0.15) is 0 Å². The first kappa shape index (κ1) is 13.1. The molecule has 106 valence electrons. The summed E-state index contributed by atoms with van der Waals surface area (Å²) in [6, 6.07) is 10.4. The predicted molar refractivity (Wildman–Crippen MR) is 76.1 cm³/mol. The standard InChI is InChI=1S/C16H19NO3/c1-12(9-14-3-2-6-18-14)17-11-13-4-5-15-16(10-13)20-8-7-19-15/h2-6,10,12,17H,7-9,11H2,1H3.